The van der Waals surface area contributed by atoms with Gasteiger partial charge in [0.25, 0.3) is 5.91 Å². The fraction of sp³-hybridized carbons (Fsp3) is 0.125. The van der Waals surface area contributed by atoms with Gasteiger partial charge in [0.1, 0.15) is 11.3 Å². The Bertz CT molecular complexity index is 794. The molecule has 0 unspecified atom stereocenters. The molecule has 0 aliphatic rings. The highest BCUT2D eigenvalue weighted by molar-refractivity contribution is 6.06. The van der Waals surface area contributed by atoms with Crippen LogP contribution >= 0.6 is 0 Å². The van der Waals surface area contributed by atoms with E-state index in [2.05, 4.69) is 10.3 Å². The molecule has 21 heavy (non-hydrogen) atoms. The minimum absolute atomic E-state index is 0.294. The summed E-state index contributed by atoms with van der Waals surface area (Å²) < 4.78 is 10.8. The predicted molar refractivity (Wildman–Crippen MR) is 79.7 cm³/mol. The van der Waals surface area contributed by atoms with E-state index in [0.29, 0.717) is 17.0 Å². The minimum atomic E-state index is -0.296. The van der Waals surface area contributed by atoms with Crippen LogP contribution in [0, 0.1) is 6.92 Å². The molecule has 0 spiro atoms. The summed E-state index contributed by atoms with van der Waals surface area (Å²) in [6.07, 6.45) is 3.23. The van der Waals surface area contributed by atoms with Crippen molar-refractivity contribution in [3.05, 3.63) is 54.0 Å². The third kappa shape index (κ3) is 2.45. The van der Waals surface area contributed by atoms with Crippen LogP contribution in [-0.4, -0.2) is 18.0 Å². The van der Waals surface area contributed by atoms with Gasteiger partial charge >= 0.3 is 0 Å². The van der Waals surface area contributed by atoms with Gasteiger partial charge in [-0.1, -0.05) is 0 Å². The maximum absolute atomic E-state index is 12.3. The van der Waals surface area contributed by atoms with Crippen LogP contribution in [0.25, 0.3) is 11.0 Å². The molecule has 0 aliphatic heterocycles. The van der Waals surface area contributed by atoms with E-state index in [9.17, 15) is 4.79 Å². The Morgan fingerprint density at radius 3 is 2.90 bits per heavy atom. The largest absolute Gasteiger partial charge is 0.497 e. The first-order valence-electron chi connectivity index (χ1n) is 6.47. The third-order valence-electron chi connectivity index (χ3n) is 3.27. The quantitative estimate of drug-likeness (QED) is 0.799. The van der Waals surface area contributed by atoms with Gasteiger partial charge in [0, 0.05) is 17.1 Å². The lowest BCUT2D eigenvalue weighted by Crippen LogP contribution is -2.12. The summed E-state index contributed by atoms with van der Waals surface area (Å²) in [5.74, 6) is 0.725. The van der Waals surface area contributed by atoms with Gasteiger partial charge in [-0.3, -0.25) is 9.78 Å². The number of ether oxygens (including phenoxy) is 1. The van der Waals surface area contributed by atoms with Crippen molar-refractivity contribution in [1.82, 2.24) is 4.98 Å². The summed E-state index contributed by atoms with van der Waals surface area (Å²) in [7, 11) is 1.60. The van der Waals surface area contributed by atoms with Crippen molar-refractivity contribution in [1.29, 1.82) is 0 Å². The van der Waals surface area contributed by atoms with Crippen molar-refractivity contribution in [2.75, 3.05) is 12.4 Å². The maximum Gasteiger partial charge on any atom is 0.291 e. The molecule has 0 atom stereocenters. The summed E-state index contributed by atoms with van der Waals surface area (Å²) in [4.78, 5) is 16.3. The highest BCUT2D eigenvalue weighted by Crippen LogP contribution is 2.29. The number of aryl methyl sites for hydroxylation is 1. The molecule has 3 aromatic rings. The van der Waals surface area contributed by atoms with Crippen LogP contribution in [0.2, 0.25) is 0 Å². The number of benzene rings is 1. The standard InChI is InChI=1S/C16H14N2O3/c1-10-13-8-12(20-2)5-6-14(13)21-15(10)16(19)18-11-4-3-7-17-9-11/h3-9H,1-2H3,(H,18,19). The number of hydrogen-bond donors (Lipinski definition) is 1. The number of aromatic nitrogens is 1. The molecule has 0 saturated carbocycles. The van der Waals surface area contributed by atoms with E-state index in [-0.39, 0.29) is 5.91 Å². The van der Waals surface area contributed by atoms with Gasteiger partial charge in [0.2, 0.25) is 0 Å². The van der Waals surface area contributed by atoms with Crippen molar-refractivity contribution in [3.63, 3.8) is 0 Å². The number of rotatable bonds is 3. The molecule has 5 heteroatoms. The number of pyridine rings is 1. The van der Waals surface area contributed by atoms with Gasteiger partial charge in [-0.25, -0.2) is 0 Å². The second-order valence-corrected chi connectivity index (χ2v) is 4.61. The normalized spacial score (nSPS) is 10.6. The van der Waals surface area contributed by atoms with Crippen LogP contribution in [-0.2, 0) is 0 Å². The lowest BCUT2D eigenvalue weighted by atomic mass is 10.1. The molecule has 2 aromatic heterocycles. The molecule has 1 N–H and O–H groups in total. The zero-order valence-corrected chi connectivity index (χ0v) is 11.7. The van der Waals surface area contributed by atoms with Crippen LogP contribution in [0.4, 0.5) is 5.69 Å². The van der Waals surface area contributed by atoms with Gasteiger partial charge < -0.3 is 14.5 Å². The van der Waals surface area contributed by atoms with Crippen LogP contribution in [0.15, 0.2) is 47.1 Å². The first-order chi connectivity index (χ1) is 10.2. The smallest absolute Gasteiger partial charge is 0.291 e. The van der Waals surface area contributed by atoms with E-state index in [1.165, 1.54) is 0 Å². The molecular weight excluding hydrogens is 268 g/mol. The van der Waals surface area contributed by atoms with Crippen LogP contribution < -0.4 is 10.1 Å². The number of fused-ring (bicyclic) bond motifs is 1. The Kier molecular flexibility index (Phi) is 3.31. The lowest BCUT2D eigenvalue weighted by Gasteiger charge is -2.02. The number of anilines is 1. The molecule has 3 rings (SSSR count). The molecule has 5 nitrogen and oxygen atoms in total. The highest BCUT2D eigenvalue weighted by Gasteiger charge is 2.18. The number of methoxy groups -OCH3 is 1. The summed E-state index contributed by atoms with van der Waals surface area (Å²) in [5, 5.41) is 3.63. The molecule has 2 heterocycles. The fourth-order valence-corrected chi connectivity index (χ4v) is 2.17. The van der Waals surface area contributed by atoms with Gasteiger partial charge in [-0.2, -0.15) is 0 Å². The van der Waals surface area contributed by atoms with Crippen molar-refractivity contribution in [3.8, 4) is 5.75 Å². The zero-order chi connectivity index (χ0) is 14.8. The molecule has 0 aliphatic carbocycles. The highest BCUT2D eigenvalue weighted by atomic mass is 16.5. The SMILES string of the molecule is COc1ccc2oc(C(=O)Nc3cccnc3)c(C)c2c1. The molecule has 1 aromatic carbocycles. The molecule has 0 radical (unpaired) electrons. The van der Waals surface area contributed by atoms with E-state index in [4.69, 9.17) is 9.15 Å². The number of amides is 1. The number of nitrogens with one attached hydrogen (secondary N) is 1. The van der Waals surface area contributed by atoms with Crippen LogP contribution in [0.5, 0.6) is 5.75 Å². The molecule has 1 amide bonds. The Morgan fingerprint density at radius 1 is 1.33 bits per heavy atom. The molecular formula is C16H14N2O3. The van der Waals surface area contributed by atoms with Crippen molar-refractivity contribution in [2.24, 2.45) is 0 Å². The van der Waals surface area contributed by atoms with Gasteiger partial charge in [0.15, 0.2) is 5.76 Å². The van der Waals surface area contributed by atoms with Gasteiger partial charge in [0.05, 0.1) is 19.0 Å². The predicted octanol–water partition coefficient (Wildman–Crippen LogP) is 3.40. The summed E-state index contributed by atoms with van der Waals surface area (Å²) in [6.45, 7) is 1.85. The number of furan rings is 1. The number of carbonyl (C=O) groups excluding carboxylic acids is 1. The van der Waals surface area contributed by atoms with E-state index in [1.54, 1.807) is 43.8 Å². The van der Waals surface area contributed by atoms with Crippen molar-refractivity contribution >= 4 is 22.6 Å². The van der Waals surface area contributed by atoms with Crippen molar-refractivity contribution in [2.45, 2.75) is 6.92 Å². The maximum atomic E-state index is 12.3. The monoisotopic (exact) mass is 282 g/mol. The first-order valence-corrected chi connectivity index (χ1v) is 6.47. The molecule has 0 fully saturated rings. The van der Waals surface area contributed by atoms with Gasteiger partial charge in [-0.05, 0) is 37.3 Å². The van der Waals surface area contributed by atoms with E-state index in [0.717, 1.165) is 16.7 Å². The number of nitrogens with zero attached hydrogens (tertiary/aromatic N) is 1. The Balaban J connectivity index is 1.96. The lowest BCUT2D eigenvalue weighted by molar-refractivity contribution is 0.0998. The second-order valence-electron chi connectivity index (χ2n) is 4.61. The van der Waals surface area contributed by atoms with E-state index in [1.807, 2.05) is 13.0 Å². The van der Waals surface area contributed by atoms with Crippen molar-refractivity contribution < 1.29 is 13.9 Å². The van der Waals surface area contributed by atoms with Gasteiger partial charge in [-0.15, -0.1) is 0 Å². The first kappa shape index (κ1) is 13.2. The summed E-state index contributed by atoms with van der Waals surface area (Å²) in [6, 6.07) is 8.98. The summed E-state index contributed by atoms with van der Waals surface area (Å²) >= 11 is 0. The Morgan fingerprint density at radius 2 is 2.19 bits per heavy atom. The number of hydrogen-bond acceptors (Lipinski definition) is 4. The average molecular weight is 282 g/mol. The molecule has 106 valence electrons. The van der Waals surface area contributed by atoms with E-state index < -0.39 is 0 Å². The van der Waals surface area contributed by atoms with Crippen LogP contribution in [0.1, 0.15) is 16.1 Å². The van der Waals surface area contributed by atoms with Crippen LogP contribution in [0.3, 0.4) is 0 Å². The molecule has 0 saturated heterocycles. The molecule has 0 bridgehead atoms. The zero-order valence-electron chi connectivity index (χ0n) is 11.7. The minimum Gasteiger partial charge on any atom is -0.497 e. The summed E-state index contributed by atoms with van der Waals surface area (Å²) in [5.41, 5.74) is 2.06. The number of carbonyl (C=O) groups is 1. The third-order valence-corrected chi connectivity index (χ3v) is 3.27. The Labute approximate surface area is 121 Å². The topological polar surface area (TPSA) is 64.4 Å². The second kappa shape index (κ2) is 5.28. The average Bonchev–Trinajstić information content (AvgIpc) is 2.85. The van der Waals surface area contributed by atoms with E-state index >= 15 is 0 Å². The fourth-order valence-electron chi connectivity index (χ4n) is 2.17. The Hall–Kier alpha value is -2.82.